The lowest BCUT2D eigenvalue weighted by Crippen LogP contribution is -1.99. The van der Waals surface area contributed by atoms with Gasteiger partial charge >= 0.3 is 5.97 Å². The first-order valence-corrected chi connectivity index (χ1v) is 4.54. The molecule has 4 nitrogen and oxygen atoms in total. The number of benzene rings is 1. The Morgan fingerprint density at radius 2 is 2.00 bits per heavy atom. The number of nitrogens with one attached hydrogen (secondary N) is 1. The Balaban J connectivity index is 2.59. The van der Waals surface area contributed by atoms with E-state index < -0.39 is 5.97 Å². The second-order valence-corrected chi connectivity index (χ2v) is 3.24. The number of rotatable bonds is 2. The molecule has 76 valence electrons. The first kappa shape index (κ1) is 9.45. The van der Waals surface area contributed by atoms with Crippen molar-refractivity contribution >= 4 is 5.97 Å². The van der Waals surface area contributed by atoms with Gasteiger partial charge < -0.3 is 5.11 Å². The molecule has 0 saturated carbocycles. The Bertz CT molecular complexity index is 489. The molecular formula is C11H10N2O2. The van der Waals surface area contributed by atoms with Crippen molar-refractivity contribution in [2.45, 2.75) is 6.92 Å². The standard InChI is InChI=1S/C11H10N2O2/c1-7-9(11(14)15)10(13-12-7)8-5-3-2-4-6-8/h2-6H,1H3,(H,12,13)(H,14,15). The van der Waals surface area contributed by atoms with Crippen LogP contribution in [0.2, 0.25) is 0 Å². The van der Waals surface area contributed by atoms with Gasteiger partial charge in [0.25, 0.3) is 0 Å². The number of aromatic carboxylic acids is 1. The molecule has 2 rings (SSSR count). The van der Waals surface area contributed by atoms with E-state index in [-0.39, 0.29) is 5.56 Å². The fourth-order valence-corrected chi connectivity index (χ4v) is 1.50. The van der Waals surface area contributed by atoms with Crippen LogP contribution in [0, 0.1) is 6.92 Å². The minimum absolute atomic E-state index is 0.237. The zero-order chi connectivity index (χ0) is 10.8. The average molecular weight is 202 g/mol. The van der Waals surface area contributed by atoms with Crippen LogP contribution in [0.1, 0.15) is 16.1 Å². The van der Waals surface area contributed by atoms with Crippen LogP contribution in [0.3, 0.4) is 0 Å². The summed E-state index contributed by atoms with van der Waals surface area (Å²) in [5, 5.41) is 15.7. The highest BCUT2D eigenvalue weighted by atomic mass is 16.4. The summed E-state index contributed by atoms with van der Waals surface area (Å²) < 4.78 is 0. The molecule has 2 N–H and O–H groups in total. The summed E-state index contributed by atoms with van der Waals surface area (Å²) in [4.78, 5) is 11.0. The molecule has 4 heteroatoms. The first-order valence-electron chi connectivity index (χ1n) is 4.54. The van der Waals surface area contributed by atoms with Crippen LogP contribution >= 0.6 is 0 Å². The van der Waals surface area contributed by atoms with Crippen LogP contribution in [0.4, 0.5) is 0 Å². The molecule has 1 heterocycles. The van der Waals surface area contributed by atoms with Crippen molar-refractivity contribution in [1.29, 1.82) is 0 Å². The van der Waals surface area contributed by atoms with Crippen LogP contribution in [-0.4, -0.2) is 21.3 Å². The lowest BCUT2D eigenvalue weighted by atomic mass is 10.1. The second kappa shape index (κ2) is 3.57. The third-order valence-electron chi connectivity index (χ3n) is 2.21. The number of carboxylic acid groups (broad SMARTS) is 1. The molecule has 0 aliphatic heterocycles. The molecule has 0 unspecified atom stereocenters. The molecule has 0 fully saturated rings. The van der Waals surface area contributed by atoms with Crippen molar-refractivity contribution in [3.05, 3.63) is 41.6 Å². The summed E-state index contributed by atoms with van der Waals surface area (Å²) in [6, 6.07) is 9.25. The Kier molecular flexibility index (Phi) is 2.25. The van der Waals surface area contributed by atoms with Crippen LogP contribution in [0.5, 0.6) is 0 Å². The highest BCUT2D eigenvalue weighted by molar-refractivity contribution is 5.95. The van der Waals surface area contributed by atoms with E-state index in [0.717, 1.165) is 5.56 Å². The highest BCUT2D eigenvalue weighted by Gasteiger charge is 2.17. The number of aryl methyl sites for hydroxylation is 1. The molecule has 0 radical (unpaired) electrons. The number of nitrogens with zero attached hydrogens (tertiary/aromatic N) is 1. The molecule has 0 amide bonds. The zero-order valence-electron chi connectivity index (χ0n) is 8.19. The van der Waals surface area contributed by atoms with E-state index >= 15 is 0 Å². The summed E-state index contributed by atoms with van der Waals surface area (Å²) in [6.07, 6.45) is 0. The van der Waals surface area contributed by atoms with Gasteiger partial charge in [0.05, 0.1) is 0 Å². The molecule has 0 atom stereocenters. The van der Waals surface area contributed by atoms with Gasteiger partial charge in [-0.05, 0) is 6.92 Å². The van der Waals surface area contributed by atoms with E-state index in [4.69, 9.17) is 5.11 Å². The molecular weight excluding hydrogens is 192 g/mol. The largest absolute Gasteiger partial charge is 0.478 e. The van der Waals surface area contributed by atoms with Gasteiger partial charge in [0.1, 0.15) is 11.3 Å². The number of aromatic nitrogens is 2. The normalized spacial score (nSPS) is 10.2. The molecule has 0 bridgehead atoms. The van der Waals surface area contributed by atoms with Gasteiger partial charge in [-0.1, -0.05) is 30.3 Å². The Labute approximate surface area is 86.6 Å². The predicted molar refractivity (Wildman–Crippen MR) is 55.7 cm³/mol. The summed E-state index contributed by atoms with van der Waals surface area (Å²) in [5.74, 6) is -0.958. The minimum atomic E-state index is -0.958. The number of hydrogen-bond donors (Lipinski definition) is 2. The lowest BCUT2D eigenvalue weighted by Gasteiger charge is -1.98. The van der Waals surface area contributed by atoms with Gasteiger partial charge in [0, 0.05) is 11.3 Å². The quantitative estimate of drug-likeness (QED) is 0.783. The zero-order valence-corrected chi connectivity index (χ0v) is 8.19. The first-order chi connectivity index (χ1) is 7.20. The molecule has 0 saturated heterocycles. The van der Waals surface area contributed by atoms with E-state index in [1.54, 1.807) is 6.92 Å². The number of hydrogen-bond acceptors (Lipinski definition) is 2. The maximum atomic E-state index is 11.0. The average Bonchev–Trinajstić information content (AvgIpc) is 2.61. The molecule has 1 aromatic heterocycles. The molecule has 2 aromatic rings. The number of aromatic amines is 1. The minimum Gasteiger partial charge on any atom is -0.478 e. The number of carbonyl (C=O) groups is 1. The summed E-state index contributed by atoms with van der Waals surface area (Å²) in [7, 11) is 0. The third-order valence-corrected chi connectivity index (χ3v) is 2.21. The summed E-state index contributed by atoms with van der Waals surface area (Å²) in [5.41, 5.74) is 2.10. The van der Waals surface area contributed by atoms with E-state index in [9.17, 15) is 4.79 Å². The van der Waals surface area contributed by atoms with Crippen molar-refractivity contribution in [2.24, 2.45) is 0 Å². The predicted octanol–water partition coefficient (Wildman–Crippen LogP) is 2.08. The maximum absolute atomic E-state index is 11.0. The van der Waals surface area contributed by atoms with Crippen LogP contribution in [0.25, 0.3) is 11.3 Å². The van der Waals surface area contributed by atoms with Gasteiger partial charge in [-0.15, -0.1) is 0 Å². The van der Waals surface area contributed by atoms with Gasteiger partial charge in [0.2, 0.25) is 0 Å². The van der Waals surface area contributed by atoms with Crippen molar-refractivity contribution in [3.8, 4) is 11.3 Å². The van der Waals surface area contributed by atoms with E-state index in [1.807, 2.05) is 30.3 Å². The van der Waals surface area contributed by atoms with Gasteiger partial charge in [-0.25, -0.2) is 4.79 Å². The van der Waals surface area contributed by atoms with E-state index in [2.05, 4.69) is 10.2 Å². The fraction of sp³-hybridized carbons (Fsp3) is 0.0909. The van der Waals surface area contributed by atoms with Gasteiger partial charge in [0.15, 0.2) is 0 Å². The molecule has 0 aliphatic carbocycles. The highest BCUT2D eigenvalue weighted by Crippen LogP contribution is 2.22. The van der Waals surface area contributed by atoms with Gasteiger partial charge in [-0.3, -0.25) is 5.10 Å². The maximum Gasteiger partial charge on any atom is 0.339 e. The van der Waals surface area contributed by atoms with E-state index in [0.29, 0.717) is 11.4 Å². The molecule has 0 spiro atoms. The van der Waals surface area contributed by atoms with Crippen molar-refractivity contribution in [1.82, 2.24) is 10.2 Å². The number of H-pyrrole nitrogens is 1. The Morgan fingerprint density at radius 1 is 1.33 bits per heavy atom. The SMILES string of the molecule is Cc1[nH]nc(-c2ccccc2)c1C(=O)O. The molecule has 1 aromatic carbocycles. The third kappa shape index (κ3) is 1.61. The molecule has 0 aliphatic rings. The smallest absolute Gasteiger partial charge is 0.339 e. The van der Waals surface area contributed by atoms with Crippen molar-refractivity contribution < 1.29 is 9.90 Å². The van der Waals surface area contributed by atoms with Crippen LogP contribution in [-0.2, 0) is 0 Å². The number of carboxylic acids is 1. The summed E-state index contributed by atoms with van der Waals surface area (Å²) in [6.45, 7) is 1.70. The Hall–Kier alpha value is -2.10. The monoisotopic (exact) mass is 202 g/mol. The topological polar surface area (TPSA) is 66.0 Å². The molecule has 15 heavy (non-hydrogen) atoms. The second-order valence-electron chi connectivity index (χ2n) is 3.24. The summed E-state index contributed by atoms with van der Waals surface area (Å²) >= 11 is 0. The van der Waals surface area contributed by atoms with Gasteiger partial charge in [-0.2, -0.15) is 5.10 Å². The van der Waals surface area contributed by atoms with Crippen LogP contribution in [0.15, 0.2) is 30.3 Å². The van der Waals surface area contributed by atoms with Crippen LogP contribution < -0.4 is 0 Å². The van der Waals surface area contributed by atoms with E-state index in [1.165, 1.54) is 0 Å². The van der Waals surface area contributed by atoms with Crippen molar-refractivity contribution in [3.63, 3.8) is 0 Å². The van der Waals surface area contributed by atoms with Crippen molar-refractivity contribution in [2.75, 3.05) is 0 Å². The Morgan fingerprint density at radius 3 is 2.60 bits per heavy atom. The lowest BCUT2D eigenvalue weighted by molar-refractivity contribution is 0.0697. The fourth-order valence-electron chi connectivity index (χ4n) is 1.50.